The number of nitrogens with zero attached hydrogens (tertiary/aromatic N) is 1. The Morgan fingerprint density at radius 2 is 1.94 bits per heavy atom. The second kappa shape index (κ2) is 11.0. The fourth-order valence-corrected chi connectivity index (χ4v) is 3.91. The van der Waals surface area contributed by atoms with Gasteiger partial charge in [0.2, 0.25) is 5.91 Å². The van der Waals surface area contributed by atoms with E-state index in [9.17, 15) is 9.90 Å². The Labute approximate surface area is 193 Å². The molecule has 0 radical (unpaired) electrons. The predicted molar refractivity (Wildman–Crippen MR) is 127 cm³/mol. The Hall–Kier alpha value is -1.99. The Kier molecular flexibility index (Phi) is 8.43. The van der Waals surface area contributed by atoms with Gasteiger partial charge in [-0.2, -0.15) is 0 Å². The first-order valence-electron chi connectivity index (χ1n) is 10.4. The lowest BCUT2D eigenvalue weighted by molar-refractivity contribution is -0.114. The molecule has 1 fully saturated rings. The number of amides is 1. The third-order valence-electron chi connectivity index (χ3n) is 5.28. The quantitative estimate of drug-likeness (QED) is 0.542. The molecule has 1 aliphatic heterocycles. The van der Waals surface area contributed by atoms with E-state index in [1.54, 1.807) is 6.07 Å². The van der Waals surface area contributed by atoms with Gasteiger partial charge in [-0.15, -0.1) is 0 Å². The van der Waals surface area contributed by atoms with Gasteiger partial charge in [-0.05, 0) is 55.7 Å². The number of halogens is 2. The van der Waals surface area contributed by atoms with Gasteiger partial charge in [-0.3, -0.25) is 4.79 Å². The van der Waals surface area contributed by atoms with E-state index < -0.39 is 6.10 Å². The second-order valence-corrected chi connectivity index (χ2v) is 8.73. The molecular weight excluding hydrogens is 437 g/mol. The zero-order chi connectivity index (χ0) is 22.4. The summed E-state index contributed by atoms with van der Waals surface area (Å²) in [4.78, 5) is 13.7. The number of carbonyl (C=O) groups is 1. The molecule has 1 unspecified atom stereocenters. The fourth-order valence-electron chi connectivity index (χ4n) is 3.61. The fraction of sp³-hybridized carbons (Fsp3) is 0.435. The van der Waals surface area contributed by atoms with Crippen molar-refractivity contribution in [1.29, 1.82) is 0 Å². The number of ether oxygens (including phenoxy) is 1. The summed E-state index contributed by atoms with van der Waals surface area (Å²) in [6.45, 7) is 5.81. The second-order valence-electron chi connectivity index (χ2n) is 7.91. The van der Waals surface area contributed by atoms with Crippen LogP contribution >= 0.6 is 23.2 Å². The Morgan fingerprint density at radius 1 is 1.19 bits per heavy atom. The van der Waals surface area contributed by atoms with E-state index in [2.05, 4.69) is 15.5 Å². The number of benzene rings is 2. The van der Waals surface area contributed by atoms with Crippen LogP contribution < -0.4 is 20.3 Å². The third kappa shape index (κ3) is 7.01. The molecule has 0 aromatic heterocycles. The van der Waals surface area contributed by atoms with Gasteiger partial charge in [0.15, 0.2) is 0 Å². The van der Waals surface area contributed by atoms with Gasteiger partial charge >= 0.3 is 0 Å². The van der Waals surface area contributed by atoms with E-state index >= 15 is 0 Å². The normalized spacial score (nSPS) is 15.6. The zero-order valence-electron chi connectivity index (χ0n) is 17.8. The number of anilines is 2. The van der Waals surface area contributed by atoms with Crippen LogP contribution in [-0.2, 0) is 4.79 Å². The molecular formula is C23H29Cl2N3O3. The van der Waals surface area contributed by atoms with Gasteiger partial charge in [0.05, 0.1) is 15.7 Å². The van der Waals surface area contributed by atoms with E-state index in [1.807, 2.05) is 37.3 Å². The smallest absolute Gasteiger partial charge is 0.221 e. The lowest BCUT2D eigenvalue weighted by Crippen LogP contribution is -2.45. The van der Waals surface area contributed by atoms with Gasteiger partial charge in [0.1, 0.15) is 18.5 Å². The number of hydrogen-bond donors (Lipinski definition) is 3. The summed E-state index contributed by atoms with van der Waals surface area (Å²) in [5, 5.41) is 17.7. The maximum absolute atomic E-state index is 11.4. The van der Waals surface area contributed by atoms with Crippen LogP contribution in [0, 0.1) is 6.92 Å². The molecule has 3 N–H and O–H groups in total. The van der Waals surface area contributed by atoms with E-state index in [0.29, 0.717) is 34.1 Å². The molecule has 3 rings (SSSR count). The molecule has 8 heteroatoms. The van der Waals surface area contributed by atoms with Crippen molar-refractivity contribution >= 4 is 40.5 Å². The minimum absolute atomic E-state index is 0.144. The van der Waals surface area contributed by atoms with Crippen LogP contribution in [0.1, 0.15) is 25.3 Å². The molecule has 0 spiro atoms. The number of aliphatic hydroxyl groups excluding tert-OH is 1. The van der Waals surface area contributed by atoms with Crippen molar-refractivity contribution in [2.45, 2.75) is 38.8 Å². The van der Waals surface area contributed by atoms with E-state index in [0.717, 1.165) is 37.2 Å². The summed E-state index contributed by atoms with van der Waals surface area (Å²) in [6, 6.07) is 11.6. The minimum Gasteiger partial charge on any atom is -0.489 e. The average Bonchev–Trinajstić information content (AvgIpc) is 2.74. The number of aryl methyl sites for hydroxylation is 1. The molecule has 0 saturated carbocycles. The summed E-state index contributed by atoms with van der Waals surface area (Å²) >= 11 is 12.1. The van der Waals surface area contributed by atoms with Crippen molar-refractivity contribution in [3.63, 3.8) is 0 Å². The highest BCUT2D eigenvalue weighted by Crippen LogP contribution is 2.29. The lowest BCUT2D eigenvalue weighted by Gasteiger charge is -2.34. The summed E-state index contributed by atoms with van der Waals surface area (Å²) in [5.74, 6) is 0.396. The SMILES string of the molecule is CC(=O)Nc1ccc(C)cc1OCC(O)CNC1CCN(c2ccc(Cl)c(Cl)c2)CC1. The molecule has 2 aromatic carbocycles. The molecule has 1 heterocycles. The lowest BCUT2D eigenvalue weighted by atomic mass is 10.0. The van der Waals surface area contributed by atoms with E-state index in [-0.39, 0.29) is 12.5 Å². The first kappa shape index (κ1) is 23.7. The van der Waals surface area contributed by atoms with Gasteiger partial charge in [-0.25, -0.2) is 0 Å². The highest BCUT2D eigenvalue weighted by molar-refractivity contribution is 6.42. The maximum Gasteiger partial charge on any atom is 0.221 e. The van der Waals surface area contributed by atoms with Crippen molar-refractivity contribution < 1.29 is 14.6 Å². The summed E-state index contributed by atoms with van der Waals surface area (Å²) in [5.41, 5.74) is 2.70. The topological polar surface area (TPSA) is 73.8 Å². The first-order valence-corrected chi connectivity index (χ1v) is 11.2. The average molecular weight is 466 g/mol. The van der Waals surface area contributed by atoms with Crippen molar-refractivity contribution in [3.05, 3.63) is 52.0 Å². The summed E-state index contributed by atoms with van der Waals surface area (Å²) in [6.07, 6.45) is 1.29. The third-order valence-corrected chi connectivity index (χ3v) is 6.02. The number of rotatable bonds is 8. The zero-order valence-corrected chi connectivity index (χ0v) is 19.3. The van der Waals surface area contributed by atoms with Crippen LogP contribution in [0.15, 0.2) is 36.4 Å². The van der Waals surface area contributed by atoms with Crippen LogP contribution in [0.4, 0.5) is 11.4 Å². The van der Waals surface area contributed by atoms with Gasteiger partial charge in [0, 0.05) is 38.3 Å². The largest absolute Gasteiger partial charge is 0.489 e. The predicted octanol–water partition coefficient (Wildman–Crippen LogP) is 4.26. The van der Waals surface area contributed by atoms with Gasteiger partial charge in [0.25, 0.3) is 0 Å². The molecule has 1 saturated heterocycles. The maximum atomic E-state index is 11.4. The van der Waals surface area contributed by atoms with Gasteiger partial charge < -0.3 is 25.4 Å². The molecule has 6 nitrogen and oxygen atoms in total. The molecule has 31 heavy (non-hydrogen) atoms. The molecule has 2 aromatic rings. The van der Waals surface area contributed by atoms with Crippen LogP contribution in [0.25, 0.3) is 0 Å². The van der Waals surface area contributed by atoms with Crippen LogP contribution in [-0.4, -0.2) is 49.4 Å². The van der Waals surface area contributed by atoms with E-state index in [4.69, 9.17) is 27.9 Å². The van der Waals surface area contributed by atoms with Crippen molar-refractivity contribution in [3.8, 4) is 5.75 Å². The molecule has 1 amide bonds. The first-order chi connectivity index (χ1) is 14.8. The number of piperidine rings is 1. The minimum atomic E-state index is -0.654. The molecule has 0 bridgehead atoms. The number of hydrogen-bond acceptors (Lipinski definition) is 5. The Balaban J connectivity index is 1.43. The highest BCUT2D eigenvalue weighted by atomic mass is 35.5. The van der Waals surface area contributed by atoms with E-state index in [1.165, 1.54) is 6.92 Å². The number of carbonyl (C=O) groups excluding carboxylic acids is 1. The summed E-state index contributed by atoms with van der Waals surface area (Å²) in [7, 11) is 0. The highest BCUT2D eigenvalue weighted by Gasteiger charge is 2.20. The van der Waals surface area contributed by atoms with Crippen LogP contribution in [0.3, 0.4) is 0 Å². The molecule has 168 valence electrons. The Bertz CT molecular complexity index is 902. The summed E-state index contributed by atoms with van der Waals surface area (Å²) < 4.78 is 5.78. The Morgan fingerprint density at radius 3 is 2.61 bits per heavy atom. The number of nitrogens with one attached hydrogen (secondary N) is 2. The van der Waals surface area contributed by atoms with Crippen molar-refractivity contribution in [2.75, 3.05) is 36.5 Å². The van der Waals surface area contributed by atoms with Crippen LogP contribution in [0.2, 0.25) is 10.0 Å². The van der Waals surface area contributed by atoms with Crippen molar-refractivity contribution in [1.82, 2.24) is 5.32 Å². The molecule has 0 aliphatic carbocycles. The van der Waals surface area contributed by atoms with Crippen molar-refractivity contribution in [2.24, 2.45) is 0 Å². The molecule has 1 atom stereocenters. The van der Waals surface area contributed by atoms with Gasteiger partial charge in [-0.1, -0.05) is 29.3 Å². The monoisotopic (exact) mass is 465 g/mol. The number of aliphatic hydroxyl groups is 1. The molecule has 1 aliphatic rings. The standard InChI is InChI=1S/C23H29Cl2N3O3/c1-15-3-6-22(27-16(2)29)23(11-15)31-14-19(30)13-26-17-7-9-28(10-8-17)18-4-5-20(24)21(25)12-18/h3-6,11-12,17,19,26,30H,7-10,13-14H2,1-2H3,(H,27,29). The van der Waals surface area contributed by atoms with Crippen LogP contribution in [0.5, 0.6) is 5.75 Å².